The second-order valence-corrected chi connectivity index (χ2v) is 3.86. The fraction of sp³-hybridized carbons (Fsp3) is 0.364. The highest BCUT2D eigenvalue weighted by Crippen LogP contribution is 2.16. The Bertz CT molecular complexity index is 473. The molecule has 2 aromatic rings. The van der Waals surface area contributed by atoms with E-state index in [-0.39, 0.29) is 0 Å². The van der Waals surface area contributed by atoms with Crippen LogP contribution >= 0.6 is 0 Å². The van der Waals surface area contributed by atoms with Crippen LogP contribution < -0.4 is 10.2 Å². The van der Waals surface area contributed by atoms with E-state index >= 15 is 0 Å². The lowest BCUT2D eigenvalue weighted by atomic mass is 10.3. The van der Waals surface area contributed by atoms with Gasteiger partial charge >= 0.3 is 0 Å². The SMILES string of the molecule is CCNc1ccc(-n2nnnc2N(C)C)cc1. The van der Waals surface area contributed by atoms with Crippen molar-refractivity contribution in [3.63, 3.8) is 0 Å². The standard InChI is InChI=1S/C11H16N6/c1-4-12-9-5-7-10(8-6-9)17-11(16(2)3)13-14-15-17/h5-8,12H,4H2,1-3H3. The van der Waals surface area contributed by atoms with Crippen molar-refractivity contribution in [2.75, 3.05) is 30.9 Å². The normalized spacial score (nSPS) is 10.3. The first-order valence-corrected chi connectivity index (χ1v) is 5.52. The van der Waals surface area contributed by atoms with Gasteiger partial charge in [-0.3, -0.25) is 0 Å². The lowest BCUT2D eigenvalue weighted by Crippen LogP contribution is -2.15. The van der Waals surface area contributed by atoms with Crippen LogP contribution in [0.2, 0.25) is 0 Å². The van der Waals surface area contributed by atoms with Crippen LogP contribution in [-0.2, 0) is 0 Å². The molecule has 1 aromatic carbocycles. The van der Waals surface area contributed by atoms with E-state index in [1.165, 1.54) is 0 Å². The van der Waals surface area contributed by atoms with E-state index in [2.05, 4.69) is 27.8 Å². The van der Waals surface area contributed by atoms with Crippen molar-refractivity contribution in [2.24, 2.45) is 0 Å². The summed E-state index contributed by atoms with van der Waals surface area (Å²) in [7, 11) is 3.82. The maximum absolute atomic E-state index is 3.98. The molecule has 0 amide bonds. The fourth-order valence-corrected chi connectivity index (χ4v) is 1.55. The van der Waals surface area contributed by atoms with Crippen molar-refractivity contribution in [2.45, 2.75) is 6.92 Å². The Morgan fingerprint density at radius 2 is 1.94 bits per heavy atom. The first-order chi connectivity index (χ1) is 8.22. The highest BCUT2D eigenvalue weighted by Gasteiger charge is 2.09. The summed E-state index contributed by atoms with van der Waals surface area (Å²) in [5.41, 5.74) is 2.04. The smallest absolute Gasteiger partial charge is 0.249 e. The van der Waals surface area contributed by atoms with Crippen LogP contribution in [0.15, 0.2) is 24.3 Å². The van der Waals surface area contributed by atoms with Crippen molar-refractivity contribution < 1.29 is 0 Å². The highest BCUT2D eigenvalue weighted by atomic mass is 15.6. The maximum Gasteiger partial charge on any atom is 0.249 e. The predicted molar refractivity (Wildman–Crippen MR) is 67.6 cm³/mol. The Morgan fingerprint density at radius 3 is 2.53 bits per heavy atom. The van der Waals surface area contributed by atoms with Crippen LogP contribution in [0.1, 0.15) is 6.92 Å². The number of hydrogen-bond acceptors (Lipinski definition) is 5. The first kappa shape index (κ1) is 11.4. The first-order valence-electron chi connectivity index (χ1n) is 5.52. The second-order valence-electron chi connectivity index (χ2n) is 3.86. The molecule has 1 aromatic heterocycles. The Labute approximate surface area is 100 Å². The largest absolute Gasteiger partial charge is 0.385 e. The Balaban J connectivity index is 2.30. The minimum Gasteiger partial charge on any atom is -0.385 e. The van der Waals surface area contributed by atoms with Crippen LogP contribution in [0.25, 0.3) is 5.69 Å². The van der Waals surface area contributed by atoms with Crippen molar-refractivity contribution in [1.82, 2.24) is 20.2 Å². The van der Waals surface area contributed by atoms with Crippen LogP contribution in [0.4, 0.5) is 11.6 Å². The lowest BCUT2D eigenvalue weighted by Gasteiger charge is -2.11. The van der Waals surface area contributed by atoms with Gasteiger partial charge in [0.05, 0.1) is 5.69 Å². The zero-order valence-electron chi connectivity index (χ0n) is 10.3. The van der Waals surface area contributed by atoms with Crippen LogP contribution in [-0.4, -0.2) is 40.8 Å². The molecule has 17 heavy (non-hydrogen) atoms. The number of aromatic nitrogens is 4. The van der Waals surface area contributed by atoms with E-state index in [1.54, 1.807) is 4.68 Å². The fourth-order valence-electron chi connectivity index (χ4n) is 1.55. The highest BCUT2D eigenvalue weighted by molar-refractivity contribution is 5.50. The molecule has 0 saturated heterocycles. The summed E-state index contributed by atoms with van der Waals surface area (Å²) in [6.45, 7) is 2.98. The third-order valence-electron chi connectivity index (χ3n) is 2.35. The predicted octanol–water partition coefficient (Wildman–Crippen LogP) is 1.16. The monoisotopic (exact) mass is 232 g/mol. The van der Waals surface area contributed by atoms with Crippen molar-refractivity contribution in [1.29, 1.82) is 0 Å². The summed E-state index contributed by atoms with van der Waals surface area (Å²) in [4.78, 5) is 1.87. The van der Waals surface area contributed by atoms with Crippen molar-refractivity contribution >= 4 is 11.6 Å². The molecule has 0 aliphatic carbocycles. The molecule has 0 unspecified atom stereocenters. The molecule has 0 aliphatic heterocycles. The molecule has 6 nitrogen and oxygen atoms in total. The van der Waals surface area contributed by atoms with E-state index < -0.39 is 0 Å². The third kappa shape index (κ3) is 2.35. The van der Waals surface area contributed by atoms with Gasteiger partial charge in [-0.25, -0.2) is 0 Å². The Morgan fingerprint density at radius 1 is 1.24 bits per heavy atom. The zero-order chi connectivity index (χ0) is 12.3. The van der Waals surface area contributed by atoms with Gasteiger partial charge in [-0.2, -0.15) is 4.68 Å². The minimum atomic E-state index is 0.709. The van der Waals surface area contributed by atoms with Crippen LogP contribution in [0.5, 0.6) is 0 Å². The molecule has 0 saturated carbocycles. The van der Waals surface area contributed by atoms with Gasteiger partial charge in [-0.05, 0) is 41.6 Å². The lowest BCUT2D eigenvalue weighted by molar-refractivity contribution is 0.784. The summed E-state index contributed by atoms with van der Waals surface area (Å²) in [6.07, 6.45) is 0. The van der Waals surface area contributed by atoms with E-state index in [0.29, 0.717) is 5.95 Å². The summed E-state index contributed by atoms with van der Waals surface area (Å²) in [5.74, 6) is 0.709. The van der Waals surface area contributed by atoms with Gasteiger partial charge in [-0.15, -0.1) is 0 Å². The Hall–Kier alpha value is -2.11. The molecular weight excluding hydrogens is 216 g/mol. The zero-order valence-corrected chi connectivity index (χ0v) is 10.3. The van der Waals surface area contributed by atoms with Crippen molar-refractivity contribution in [3.05, 3.63) is 24.3 Å². The molecule has 0 spiro atoms. The van der Waals surface area contributed by atoms with Crippen molar-refractivity contribution in [3.8, 4) is 5.69 Å². The molecular formula is C11H16N6. The minimum absolute atomic E-state index is 0.709. The molecule has 1 N–H and O–H groups in total. The number of nitrogens with one attached hydrogen (secondary N) is 1. The number of hydrogen-bond donors (Lipinski definition) is 1. The quantitative estimate of drug-likeness (QED) is 0.857. The molecule has 0 atom stereocenters. The van der Waals surface area contributed by atoms with Gasteiger partial charge in [0, 0.05) is 26.3 Å². The summed E-state index contributed by atoms with van der Waals surface area (Å²) in [6, 6.07) is 8.00. The van der Waals surface area contributed by atoms with E-state index in [9.17, 15) is 0 Å². The van der Waals surface area contributed by atoms with E-state index in [1.807, 2.05) is 43.3 Å². The van der Waals surface area contributed by atoms with Gasteiger partial charge in [0.1, 0.15) is 0 Å². The second kappa shape index (κ2) is 4.82. The van der Waals surface area contributed by atoms with Gasteiger partial charge in [0.15, 0.2) is 0 Å². The summed E-state index contributed by atoms with van der Waals surface area (Å²) < 4.78 is 1.70. The van der Waals surface area contributed by atoms with Gasteiger partial charge in [0.25, 0.3) is 0 Å². The van der Waals surface area contributed by atoms with Gasteiger partial charge < -0.3 is 10.2 Å². The molecule has 90 valence electrons. The van der Waals surface area contributed by atoms with E-state index in [0.717, 1.165) is 17.9 Å². The van der Waals surface area contributed by atoms with E-state index in [4.69, 9.17) is 0 Å². The summed E-state index contributed by atoms with van der Waals surface area (Å²) in [5, 5.41) is 14.9. The third-order valence-corrected chi connectivity index (χ3v) is 2.35. The molecule has 0 aliphatic rings. The number of anilines is 2. The topological polar surface area (TPSA) is 58.9 Å². The average Bonchev–Trinajstić information content (AvgIpc) is 2.79. The molecule has 0 radical (unpaired) electrons. The van der Waals surface area contributed by atoms with Crippen LogP contribution in [0, 0.1) is 0 Å². The van der Waals surface area contributed by atoms with Gasteiger partial charge in [-0.1, -0.05) is 5.10 Å². The van der Waals surface area contributed by atoms with Gasteiger partial charge in [0.2, 0.25) is 5.95 Å². The molecule has 0 fully saturated rings. The molecule has 1 heterocycles. The molecule has 0 bridgehead atoms. The number of benzene rings is 1. The molecule has 2 rings (SSSR count). The number of rotatable bonds is 4. The number of tetrazole rings is 1. The molecule has 6 heteroatoms. The summed E-state index contributed by atoms with van der Waals surface area (Å²) >= 11 is 0. The maximum atomic E-state index is 3.98. The van der Waals surface area contributed by atoms with Crippen LogP contribution in [0.3, 0.4) is 0 Å². The number of nitrogens with zero attached hydrogens (tertiary/aromatic N) is 5. The average molecular weight is 232 g/mol. The Kier molecular flexibility index (Phi) is 3.22.